The van der Waals surface area contributed by atoms with Crippen LogP contribution < -0.4 is 0 Å². The SMILES string of the molecule is CCCC/C=C/C/C=C/CCCCCCCC(=O)OC(COC)COC(=O)c1ccccc1C(C)=O. The lowest BCUT2D eigenvalue weighted by molar-refractivity contribution is -0.154. The number of rotatable bonds is 20. The second-order valence-corrected chi connectivity index (χ2v) is 8.89. The van der Waals surface area contributed by atoms with Gasteiger partial charge in [0.05, 0.1) is 12.2 Å². The Morgan fingerprint density at radius 3 is 2.14 bits per heavy atom. The van der Waals surface area contributed by atoms with Gasteiger partial charge in [0, 0.05) is 19.1 Å². The molecule has 0 N–H and O–H groups in total. The van der Waals surface area contributed by atoms with Gasteiger partial charge < -0.3 is 14.2 Å². The number of benzene rings is 1. The first-order valence-electron chi connectivity index (χ1n) is 13.2. The Balaban J connectivity index is 2.21. The number of allylic oxidation sites excluding steroid dienone is 4. The third-order valence-electron chi connectivity index (χ3n) is 5.66. The van der Waals surface area contributed by atoms with Crippen molar-refractivity contribution in [3.05, 3.63) is 59.7 Å². The van der Waals surface area contributed by atoms with Crippen LogP contribution >= 0.6 is 0 Å². The van der Waals surface area contributed by atoms with Gasteiger partial charge >= 0.3 is 11.9 Å². The summed E-state index contributed by atoms with van der Waals surface area (Å²) in [5, 5.41) is 0. The van der Waals surface area contributed by atoms with Crippen LogP contribution in [0.15, 0.2) is 48.6 Å². The highest BCUT2D eigenvalue weighted by Gasteiger charge is 2.20. The molecule has 1 atom stereocenters. The molecule has 0 fully saturated rings. The first-order valence-corrected chi connectivity index (χ1v) is 13.2. The normalized spacial score (nSPS) is 12.2. The van der Waals surface area contributed by atoms with E-state index in [-0.39, 0.29) is 30.5 Å². The average Bonchev–Trinajstić information content (AvgIpc) is 2.87. The van der Waals surface area contributed by atoms with Crippen molar-refractivity contribution in [2.45, 2.75) is 90.6 Å². The van der Waals surface area contributed by atoms with Crippen molar-refractivity contribution < 1.29 is 28.6 Å². The Hall–Kier alpha value is -2.73. The predicted octanol–water partition coefficient (Wildman–Crippen LogP) is 7.03. The van der Waals surface area contributed by atoms with Crippen LogP contribution in [0.3, 0.4) is 0 Å². The number of hydrogen-bond donors (Lipinski definition) is 0. The number of Topliss-reactive ketones (excluding diaryl/α,β-unsaturated/α-hetero) is 1. The van der Waals surface area contributed by atoms with Gasteiger partial charge in [-0.3, -0.25) is 9.59 Å². The second-order valence-electron chi connectivity index (χ2n) is 8.89. The minimum Gasteiger partial charge on any atom is -0.458 e. The van der Waals surface area contributed by atoms with E-state index in [1.807, 2.05) is 0 Å². The Labute approximate surface area is 217 Å². The zero-order valence-corrected chi connectivity index (χ0v) is 22.3. The van der Waals surface area contributed by atoms with Crippen LogP contribution in [0.1, 0.15) is 105 Å². The number of hydrogen-bond acceptors (Lipinski definition) is 6. The van der Waals surface area contributed by atoms with E-state index < -0.39 is 12.1 Å². The van der Waals surface area contributed by atoms with Crippen molar-refractivity contribution in [3.63, 3.8) is 0 Å². The third-order valence-corrected chi connectivity index (χ3v) is 5.66. The molecule has 0 heterocycles. The van der Waals surface area contributed by atoms with E-state index in [4.69, 9.17) is 14.2 Å². The minimum atomic E-state index is -0.691. The van der Waals surface area contributed by atoms with Crippen LogP contribution in [-0.2, 0) is 19.0 Å². The van der Waals surface area contributed by atoms with Crippen molar-refractivity contribution in [1.29, 1.82) is 0 Å². The monoisotopic (exact) mass is 500 g/mol. The molecule has 0 radical (unpaired) electrons. The lowest BCUT2D eigenvalue weighted by atomic mass is 10.0. The summed E-state index contributed by atoms with van der Waals surface area (Å²) in [6.07, 6.45) is 19.6. The molecule has 0 aromatic heterocycles. The number of ether oxygens (including phenoxy) is 3. The molecule has 0 aliphatic rings. The number of unbranched alkanes of at least 4 members (excludes halogenated alkanes) is 7. The Bertz CT molecular complexity index is 826. The number of carbonyl (C=O) groups excluding carboxylic acids is 3. The van der Waals surface area contributed by atoms with E-state index in [0.29, 0.717) is 12.0 Å². The topological polar surface area (TPSA) is 78.9 Å². The number of methoxy groups -OCH3 is 1. The molecule has 0 bridgehead atoms. The molecule has 200 valence electrons. The van der Waals surface area contributed by atoms with Gasteiger partial charge in [-0.2, -0.15) is 0 Å². The quantitative estimate of drug-likeness (QED) is 0.0828. The fraction of sp³-hybridized carbons (Fsp3) is 0.567. The minimum absolute atomic E-state index is 0.120. The standard InChI is InChI=1S/C30H44O6/c1-4-5-6-7-8-9-10-11-12-13-14-15-16-17-22-29(32)36-26(23-34-3)24-35-30(33)28-21-19-18-20-27(28)25(2)31/h7-8,10-11,18-21,26H,4-6,9,12-17,22-24H2,1-3H3/b8-7+,11-10+. The Morgan fingerprint density at radius 2 is 1.47 bits per heavy atom. The van der Waals surface area contributed by atoms with Gasteiger partial charge in [-0.25, -0.2) is 4.79 Å². The van der Waals surface area contributed by atoms with Crippen molar-refractivity contribution in [2.75, 3.05) is 20.3 Å². The molecule has 6 nitrogen and oxygen atoms in total. The Kier molecular flexibility index (Phi) is 17.8. The lowest BCUT2D eigenvalue weighted by Gasteiger charge is -2.17. The fourth-order valence-electron chi connectivity index (χ4n) is 3.65. The summed E-state index contributed by atoms with van der Waals surface area (Å²) in [4.78, 5) is 36.4. The summed E-state index contributed by atoms with van der Waals surface area (Å²) < 4.78 is 15.8. The van der Waals surface area contributed by atoms with Crippen LogP contribution in [-0.4, -0.2) is 44.1 Å². The molecule has 1 rings (SSSR count). The smallest absolute Gasteiger partial charge is 0.339 e. The zero-order chi connectivity index (χ0) is 26.4. The molecular weight excluding hydrogens is 456 g/mol. The van der Waals surface area contributed by atoms with Crippen LogP contribution in [0, 0.1) is 0 Å². The highest BCUT2D eigenvalue weighted by molar-refractivity contribution is 6.05. The van der Waals surface area contributed by atoms with E-state index >= 15 is 0 Å². The molecule has 1 unspecified atom stereocenters. The maximum Gasteiger partial charge on any atom is 0.339 e. The van der Waals surface area contributed by atoms with Crippen LogP contribution in [0.4, 0.5) is 0 Å². The highest BCUT2D eigenvalue weighted by atomic mass is 16.6. The average molecular weight is 501 g/mol. The largest absolute Gasteiger partial charge is 0.458 e. The lowest BCUT2D eigenvalue weighted by Crippen LogP contribution is -2.29. The van der Waals surface area contributed by atoms with E-state index in [9.17, 15) is 14.4 Å². The van der Waals surface area contributed by atoms with E-state index in [0.717, 1.165) is 44.9 Å². The molecule has 0 saturated heterocycles. The highest BCUT2D eigenvalue weighted by Crippen LogP contribution is 2.13. The van der Waals surface area contributed by atoms with Crippen molar-refractivity contribution in [3.8, 4) is 0 Å². The Morgan fingerprint density at radius 1 is 0.833 bits per heavy atom. The molecule has 6 heteroatoms. The third kappa shape index (κ3) is 14.6. The van der Waals surface area contributed by atoms with Gasteiger partial charge in [-0.15, -0.1) is 0 Å². The van der Waals surface area contributed by atoms with E-state index in [2.05, 4.69) is 31.2 Å². The van der Waals surface area contributed by atoms with Crippen molar-refractivity contribution in [2.24, 2.45) is 0 Å². The summed E-state index contributed by atoms with van der Waals surface area (Å²) in [5.74, 6) is -1.17. The zero-order valence-electron chi connectivity index (χ0n) is 22.3. The van der Waals surface area contributed by atoms with Gasteiger partial charge in [-0.05, 0) is 45.1 Å². The van der Waals surface area contributed by atoms with E-state index in [1.54, 1.807) is 24.3 Å². The molecule has 1 aromatic carbocycles. The molecular formula is C30H44O6. The molecule has 0 saturated carbocycles. The number of carbonyl (C=O) groups is 3. The molecule has 1 aromatic rings. The van der Waals surface area contributed by atoms with Gasteiger partial charge in [0.25, 0.3) is 0 Å². The van der Waals surface area contributed by atoms with E-state index in [1.165, 1.54) is 33.3 Å². The summed E-state index contributed by atoms with van der Waals surface area (Å²) in [6.45, 7) is 3.59. The van der Waals surface area contributed by atoms with Crippen molar-refractivity contribution >= 4 is 17.7 Å². The number of ketones is 1. The summed E-state index contributed by atoms with van der Waals surface area (Å²) in [5.41, 5.74) is 0.496. The summed E-state index contributed by atoms with van der Waals surface area (Å²) >= 11 is 0. The molecule has 0 amide bonds. The van der Waals surface area contributed by atoms with Crippen LogP contribution in [0.25, 0.3) is 0 Å². The molecule has 0 spiro atoms. The molecule has 0 aliphatic carbocycles. The fourth-order valence-corrected chi connectivity index (χ4v) is 3.65. The molecule has 0 aliphatic heterocycles. The summed E-state index contributed by atoms with van der Waals surface area (Å²) in [6, 6.07) is 6.48. The van der Waals surface area contributed by atoms with Gasteiger partial charge in [-0.1, -0.05) is 81.5 Å². The maximum absolute atomic E-state index is 12.4. The first kappa shape index (κ1) is 31.3. The maximum atomic E-state index is 12.4. The second kappa shape index (κ2) is 20.5. The van der Waals surface area contributed by atoms with Gasteiger partial charge in [0.15, 0.2) is 11.9 Å². The van der Waals surface area contributed by atoms with Crippen LogP contribution in [0.2, 0.25) is 0 Å². The predicted molar refractivity (Wildman–Crippen MR) is 143 cm³/mol. The molecule has 36 heavy (non-hydrogen) atoms. The van der Waals surface area contributed by atoms with Gasteiger partial charge in [0.2, 0.25) is 0 Å². The van der Waals surface area contributed by atoms with Crippen molar-refractivity contribution in [1.82, 2.24) is 0 Å². The van der Waals surface area contributed by atoms with Crippen LogP contribution in [0.5, 0.6) is 0 Å². The number of esters is 2. The van der Waals surface area contributed by atoms with Gasteiger partial charge in [0.1, 0.15) is 6.61 Å². The summed E-state index contributed by atoms with van der Waals surface area (Å²) in [7, 11) is 1.49. The first-order chi connectivity index (χ1) is 17.5.